The Bertz CT molecular complexity index is 3550. The molecule has 8 aromatic carbocycles. The molecule has 0 amide bonds. The maximum atomic E-state index is 6.25. The predicted molar refractivity (Wildman–Crippen MR) is 213 cm³/mol. The molecule has 0 spiro atoms. The molecule has 0 bridgehead atoms. The summed E-state index contributed by atoms with van der Waals surface area (Å²) in [7, 11) is 0. The van der Waals surface area contributed by atoms with Crippen molar-refractivity contribution in [1.82, 2.24) is 14.5 Å². The van der Waals surface area contributed by atoms with Gasteiger partial charge in [0, 0.05) is 52.7 Å². The fourth-order valence-electron chi connectivity index (χ4n) is 8.96. The quantitative estimate of drug-likeness (QED) is 0.173. The molecule has 0 aliphatic heterocycles. The molecule has 0 fully saturated rings. The van der Waals surface area contributed by atoms with Crippen LogP contribution in [0.25, 0.3) is 125 Å². The highest BCUT2D eigenvalue weighted by Gasteiger charge is 2.27. The number of hydrogen-bond acceptors (Lipinski definition) is 4. The van der Waals surface area contributed by atoms with Gasteiger partial charge in [0.2, 0.25) is 0 Å². The molecule has 1 aliphatic carbocycles. The van der Waals surface area contributed by atoms with E-state index in [0.29, 0.717) is 0 Å². The topological polar surface area (TPSA) is 43.9 Å². The molecule has 1 aliphatic rings. The van der Waals surface area contributed by atoms with Crippen LogP contribution in [0.1, 0.15) is 0 Å². The zero-order chi connectivity index (χ0) is 32.9. The van der Waals surface area contributed by atoms with Crippen LogP contribution in [0.4, 0.5) is 0 Å². The summed E-state index contributed by atoms with van der Waals surface area (Å²) in [6, 6.07) is 50.1. The highest BCUT2D eigenvalue weighted by molar-refractivity contribution is 7.26. The first kappa shape index (κ1) is 26.3. The van der Waals surface area contributed by atoms with Gasteiger partial charge in [0.1, 0.15) is 16.9 Å². The fraction of sp³-hybridized carbons (Fsp3) is 0. The maximum Gasteiger partial charge on any atom is 0.165 e. The Labute approximate surface area is 293 Å². The summed E-state index contributed by atoms with van der Waals surface area (Å²) < 4.78 is 11.3. The molecule has 0 unspecified atom stereocenters. The van der Waals surface area contributed by atoms with Gasteiger partial charge in [-0.05, 0) is 81.9 Å². The second kappa shape index (κ2) is 9.16. The van der Waals surface area contributed by atoms with E-state index in [1.54, 1.807) is 0 Å². The molecule has 13 rings (SSSR count). The Morgan fingerprint density at radius 2 is 1.22 bits per heavy atom. The summed E-state index contributed by atoms with van der Waals surface area (Å²) >= 11 is 1.88. The molecular weight excluding hydrogens is 643 g/mol. The van der Waals surface area contributed by atoms with Crippen LogP contribution in [0.2, 0.25) is 0 Å². The number of nitrogens with zero attached hydrogens (tertiary/aromatic N) is 3. The van der Waals surface area contributed by atoms with Crippen molar-refractivity contribution in [3.63, 3.8) is 0 Å². The zero-order valence-electron chi connectivity index (χ0n) is 26.9. The predicted octanol–water partition coefficient (Wildman–Crippen LogP) is 12.9. The molecule has 4 heterocycles. The third-order valence-corrected chi connectivity index (χ3v) is 12.2. The van der Waals surface area contributed by atoms with Crippen molar-refractivity contribution in [2.75, 3.05) is 0 Å². The number of fused-ring (bicyclic) bond motifs is 7. The molecule has 4 nitrogen and oxygen atoms in total. The van der Waals surface area contributed by atoms with Gasteiger partial charge in [-0.3, -0.25) is 4.57 Å². The first-order valence-electron chi connectivity index (χ1n) is 17.2. The Hall–Kier alpha value is -6.56. The number of thiophene rings is 1. The summed E-state index contributed by atoms with van der Waals surface area (Å²) in [6.07, 6.45) is 0. The molecule has 12 aromatic rings. The van der Waals surface area contributed by atoms with Gasteiger partial charge in [-0.25, -0.2) is 9.97 Å². The standard InChI is InChI=1S/C46H23N3OS/c1-2-9-27-24(7-1)15-18-32-45(27)48-46(44(47-32)26-17-21-36-31(23-26)28-10-3-4-13-35(28)50-36)49-33-19-16-25-8-5-11-29-30-12-6-14-37-40(30)43-38(51-37)22-20-34(49)42(43)41(33)39(25)29/h1-23H. The molecule has 4 aromatic heterocycles. The van der Waals surface area contributed by atoms with E-state index in [4.69, 9.17) is 14.4 Å². The highest BCUT2D eigenvalue weighted by atomic mass is 32.1. The van der Waals surface area contributed by atoms with Crippen LogP contribution in [-0.2, 0) is 0 Å². The molecule has 234 valence electrons. The SMILES string of the molecule is c1ccc2c(c1)ccc1nc(-c3ccc4oc5ccccc5c4c3)c(-n3c4ccc5cccc6c5c4c4c5c(ccc43)sc3cccc-6c35)nc12. The van der Waals surface area contributed by atoms with Crippen molar-refractivity contribution in [3.8, 4) is 28.2 Å². The van der Waals surface area contributed by atoms with Gasteiger partial charge in [-0.1, -0.05) is 84.9 Å². The van der Waals surface area contributed by atoms with Gasteiger partial charge >= 0.3 is 0 Å². The lowest BCUT2D eigenvalue weighted by molar-refractivity contribution is 0.669. The van der Waals surface area contributed by atoms with E-state index < -0.39 is 0 Å². The van der Waals surface area contributed by atoms with Crippen molar-refractivity contribution >= 4 is 108 Å². The number of furan rings is 1. The highest BCUT2D eigenvalue weighted by Crippen LogP contribution is 2.52. The lowest BCUT2D eigenvalue weighted by Crippen LogP contribution is -2.04. The second-order valence-corrected chi connectivity index (χ2v) is 14.8. The van der Waals surface area contributed by atoms with E-state index in [9.17, 15) is 0 Å². The van der Waals surface area contributed by atoms with Crippen molar-refractivity contribution in [2.24, 2.45) is 0 Å². The molecular formula is C46H23N3OS. The molecule has 5 heteroatoms. The minimum atomic E-state index is 0.822. The minimum Gasteiger partial charge on any atom is -0.456 e. The van der Waals surface area contributed by atoms with Crippen LogP contribution < -0.4 is 0 Å². The number of rotatable bonds is 2. The van der Waals surface area contributed by atoms with Crippen LogP contribution >= 0.6 is 11.3 Å². The van der Waals surface area contributed by atoms with Crippen LogP contribution in [0, 0.1) is 0 Å². The van der Waals surface area contributed by atoms with E-state index in [-0.39, 0.29) is 0 Å². The van der Waals surface area contributed by atoms with Gasteiger partial charge in [0.25, 0.3) is 0 Å². The lowest BCUT2D eigenvalue weighted by atomic mass is 9.95. The minimum absolute atomic E-state index is 0.822. The Morgan fingerprint density at radius 3 is 2.16 bits per heavy atom. The Balaban J connectivity index is 1.25. The van der Waals surface area contributed by atoms with Gasteiger partial charge < -0.3 is 4.42 Å². The number of hydrogen-bond donors (Lipinski definition) is 0. The Kier molecular flexibility index (Phi) is 4.73. The number of benzene rings is 8. The molecule has 0 N–H and O–H groups in total. The van der Waals surface area contributed by atoms with Crippen LogP contribution in [0.3, 0.4) is 0 Å². The summed E-state index contributed by atoms with van der Waals surface area (Å²) in [4.78, 5) is 11.2. The normalized spacial score (nSPS) is 12.7. The largest absolute Gasteiger partial charge is 0.456 e. The lowest BCUT2D eigenvalue weighted by Gasteiger charge is -2.15. The first-order valence-corrected chi connectivity index (χ1v) is 18.1. The fourth-order valence-corrected chi connectivity index (χ4v) is 10.1. The van der Waals surface area contributed by atoms with E-state index >= 15 is 0 Å². The number of para-hydroxylation sites is 1. The summed E-state index contributed by atoms with van der Waals surface area (Å²) in [5, 5.41) is 12.2. The van der Waals surface area contributed by atoms with Gasteiger partial charge in [0.05, 0.1) is 22.1 Å². The van der Waals surface area contributed by atoms with E-state index in [1.165, 1.54) is 52.8 Å². The number of aromatic nitrogens is 3. The first-order chi connectivity index (χ1) is 25.3. The van der Waals surface area contributed by atoms with Crippen molar-refractivity contribution in [3.05, 3.63) is 140 Å². The average molecular weight is 666 g/mol. The van der Waals surface area contributed by atoms with Gasteiger partial charge in [-0.15, -0.1) is 11.3 Å². The Morgan fingerprint density at radius 1 is 0.490 bits per heavy atom. The average Bonchev–Trinajstić information content (AvgIpc) is 3.83. The summed E-state index contributed by atoms with van der Waals surface area (Å²) in [5.41, 5.74) is 10.2. The molecule has 0 saturated carbocycles. The molecule has 0 saturated heterocycles. The molecule has 0 atom stereocenters. The van der Waals surface area contributed by atoms with Gasteiger partial charge in [-0.2, -0.15) is 0 Å². The van der Waals surface area contributed by atoms with E-state index in [0.717, 1.165) is 71.9 Å². The van der Waals surface area contributed by atoms with Crippen molar-refractivity contribution in [2.45, 2.75) is 0 Å². The van der Waals surface area contributed by atoms with Crippen LogP contribution in [0.15, 0.2) is 144 Å². The van der Waals surface area contributed by atoms with Crippen LogP contribution in [0.5, 0.6) is 0 Å². The van der Waals surface area contributed by atoms with Crippen LogP contribution in [-0.4, -0.2) is 14.5 Å². The smallest absolute Gasteiger partial charge is 0.165 e. The maximum absolute atomic E-state index is 6.25. The third kappa shape index (κ3) is 3.25. The summed E-state index contributed by atoms with van der Waals surface area (Å²) in [6.45, 7) is 0. The monoisotopic (exact) mass is 665 g/mol. The zero-order valence-corrected chi connectivity index (χ0v) is 27.8. The van der Waals surface area contributed by atoms with Crippen molar-refractivity contribution in [1.29, 1.82) is 0 Å². The van der Waals surface area contributed by atoms with Gasteiger partial charge in [0.15, 0.2) is 5.82 Å². The van der Waals surface area contributed by atoms with Crippen molar-refractivity contribution < 1.29 is 4.42 Å². The third-order valence-electron chi connectivity index (χ3n) is 11.1. The molecule has 51 heavy (non-hydrogen) atoms. The summed E-state index contributed by atoms with van der Waals surface area (Å²) in [5.74, 6) is 0.822. The molecule has 0 radical (unpaired) electrons. The van der Waals surface area contributed by atoms with E-state index in [2.05, 4.69) is 132 Å². The van der Waals surface area contributed by atoms with E-state index in [1.807, 2.05) is 23.5 Å². The second-order valence-electron chi connectivity index (χ2n) is 13.7.